The van der Waals surface area contributed by atoms with Crippen molar-refractivity contribution in [3.05, 3.63) is 58.1 Å². The number of rotatable bonds is 5. The van der Waals surface area contributed by atoms with E-state index in [1.54, 1.807) is 35.2 Å². The van der Waals surface area contributed by atoms with Gasteiger partial charge in [-0.25, -0.2) is 8.42 Å². The van der Waals surface area contributed by atoms with Crippen LogP contribution in [0.1, 0.15) is 23.1 Å². The van der Waals surface area contributed by atoms with Crippen LogP contribution in [0.3, 0.4) is 0 Å². The number of nitrogens with zero attached hydrogens (tertiary/aromatic N) is 3. The summed E-state index contributed by atoms with van der Waals surface area (Å²) in [6.45, 7) is 1.28. The van der Waals surface area contributed by atoms with Crippen molar-refractivity contribution >= 4 is 33.2 Å². The van der Waals surface area contributed by atoms with Crippen LogP contribution in [-0.4, -0.2) is 56.3 Å². The molecule has 2 aromatic rings. The molecule has 0 radical (unpaired) electrons. The van der Waals surface area contributed by atoms with Gasteiger partial charge in [0.25, 0.3) is 0 Å². The first-order valence-corrected chi connectivity index (χ1v) is 12.0. The molecule has 0 aromatic heterocycles. The second kappa shape index (κ2) is 8.87. The average Bonchev–Trinajstić information content (AvgIpc) is 3.26. The molecule has 1 N–H and O–H groups in total. The molecule has 31 heavy (non-hydrogen) atoms. The fraction of sp³-hybridized carbons (Fsp3) is 0.364. The third-order valence-corrected chi connectivity index (χ3v) is 8.05. The summed E-state index contributed by atoms with van der Waals surface area (Å²) in [5.41, 5.74) is 3.34. The first kappa shape index (κ1) is 21.6. The Balaban J connectivity index is 1.34. The fourth-order valence-electron chi connectivity index (χ4n) is 4.05. The highest BCUT2D eigenvalue weighted by atomic mass is 35.5. The number of amides is 1. The smallest absolute Gasteiger partial charge is 0.243 e. The van der Waals surface area contributed by atoms with E-state index in [0.29, 0.717) is 34.3 Å². The number of halogens is 1. The highest BCUT2D eigenvalue weighted by Gasteiger charge is 2.30. The third kappa shape index (κ3) is 4.54. The number of nitriles is 1. The Kier molecular flexibility index (Phi) is 6.19. The molecule has 1 saturated heterocycles. The van der Waals surface area contributed by atoms with Crippen LogP contribution in [0.5, 0.6) is 0 Å². The van der Waals surface area contributed by atoms with E-state index in [4.69, 9.17) is 16.9 Å². The van der Waals surface area contributed by atoms with Crippen LogP contribution in [-0.2, 0) is 27.7 Å². The summed E-state index contributed by atoms with van der Waals surface area (Å²) in [5.74, 6) is -0.122. The molecule has 1 heterocycles. The number of benzene rings is 2. The van der Waals surface area contributed by atoms with E-state index >= 15 is 0 Å². The zero-order chi connectivity index (χ0) is 22.0. The lowest BCUT2D eigenvalue weighted by Gasteiger charge is -2.34. The molecule has 7 nitrogen and oxygen atoms in total. The first-order chi connectivity index (χ1) is 14.9. The Morgan fingerprint density at radius 3 is 2.55 bits per heavy atom. The van der Waals surface area contributed by atoms with E-state index < -0.39 is 10.0 Å². The van der Waals surface area contributed by atoms with Crippen molar-refractivity contribution in [3.63, 3.8) is 0 Å². The van der Waals surface area contributed by atoms with Crippen molar-refractivity contribution in [2.24, 2.45) is 0 Å². The van der Waals surface area contributed by atoms with Crippen LogP contribution in [0.15, 0.2) is 41.3 Å². The summed E-state index contributed by atoms with van der Waals surface area (Å²) in [6.07, 6.45) is 3.01. The fourth-order valence-corrected chi connectivity index (χ4v) is 5.68. The molecule has 1 fully saturated rings. The summed E-state index contributed by atoms with van der Waals surface area (Å²) in [6, 6.07) is 12.3. The minimum absolute atomic E-state index is 0.0596. The van der Waals surface area contributed by atoms with Gasteiger partial charge >= 0.3 is 0 Å². The van der Waals surface area contributed by atoms with Crippen molar-refractivity contribution < 1.29 is 13.2 Å². The summed E-state index contributed by atoms with van der Waals surface area (Å²) in [4.78, 5) is 14.5. The maximum Gasteiger partial charge on any atom is 0.243 e. The van der Waals surface area contributed by atoms with E-state index in [-0.39, 0.29) is 25.5 Å². The molecular formula is C22H23ClN4O3S. The molecule has 1 amide bonds. The summed E-state index contributed by atoms with van der Waals surface area (Å²) in [5, 5.41) is 12.4. The molecule has 2 aromatic carbocycles. The van der Waals surface area contributed by atoms with Crippen LogP contribution >= 0.6 is 11.6 Å². The first-order valence-electron chi connectivity index (χ1n) is 10.2. The molecule has 1 aliphatic carbocycles. The Labute approximate surface area is 187 Å². The number of carbonyl (C=O) groups excluding carboxylic acids is 1. The molecule has 4 rings (SSSR count). The van der Waals surface area contributed by atoms with Gasteiger partial charge in [-0.3, -0.25) is 4.79 Å². The minimum Gasteiger partial charge on any atom is -0.376 e. The number of anilines is 1. The van der Waals surface area contributed by atoms with Crippen LogP contribution in [0.4, 0.5) is 5.69 Å². The van der Waals surface area contributed by atoms with E-state index in [1.807, 2.05) is 12.1 Å². The van der Waals surface area contributed by atoms with Crippen molar-refractivity contribution in [2.45, 2.75) is 24.2 Å². The van der Waals surface area contributed by atoms with Gasteiger partial charge in [0.2, 0.25) is 15.9 Å². The van der Waals surface area contributed by atoms with E-state index in [2.05, 4.69) is 5.32 Å². The largest absolute Gasteiger partial charge is 0.376 e. The van der Waals surface area contributed by atoms with Crippen molar-refractivity contribution in [1.29, 1.82) is 5.26 Å². The second-order valence-corrected chi connectivity index (χ2v) is 10.1. The van der Waals surface area contributed by atoms with Gasteiger partial charge < -0.3 is 10.2 Å². The van der Waals surface area contributed by atoms with Gasteiger partial charge in [0, 0.05) is 31.9 Å². The van der Waals surface area contributed by atoms with Gasteiger partial charge in [0.15, 0.2) is 0 Å². The topological polar surface area (TPSA) is 93.5 Å². The van der Waals surface area contributed by atoms with Gasteiger partial charge in [-0.1, -0.05) is 17.7 Å². The van der Waals surface area contributed by atoms with Gasteiger partial charge in [0.1, 0.15) is 6.07 Å². The molecule has 0 spiro atoms. The summed E-state index contributed by atoms with van der Waals surface area (Å²) < 4.78 is 27.5. The molecule has 0 atom stereocenters. The van der Waals surface area contributed by atoms with Crippen molar-refractivity contribution in [1.82, 2.24) is 9.21 Å². The standard InChI is InChI=1S/C22H23ClN4O3S/c23-21-7-5-19(12-18(21)14-24)25-15-22(28)26-8-10-27(11-9-26)31(29,30)20-6-4-16-2-1-3-17(16)13-20/h4-7,12-13,25H,1-3,8-11,15H2. The molecular weight excluding hydrogens is 436 g/mol. The zero-order valence-corrected chi connectivity index (χ0v) is 18.5. The number of nitrogens with one attached hydrogen (secondary N) is 1. The highest BCUT2D eigenvalue weighted by molar-refractivity contribution is 7.89. The van der Waals surface area contributed by atoms with Crippen LogP contribution in [0.2, 0.25) is 5.02 Å². The molecule has 162 valence electrons. The monoisotopic (exact) mass is 458 g/mol. The van der Waals surface area contributed by atoms with Gasteiger partial charge in [-0.15, -0.1) is 0 Å². The Morgan fingerprint density at radius 2 is 1.81 bits per heavy atom. The highest BCUT2D eigenvalue weighted by Crippen LogP contribution is 2.27. The van der Waals surface area contributed by atoms with Gasteiger partial charge in [0.05, 0.1) is 22.0 Å². The maximum absolute atomic E-state index is 13.0. The molecule has 2 aliphatic rings. The van der Waals surface area contributed by atoms with Gasteiger partial charge in [-0.05, 0) is 60.7 Å². The van der Waals surface area contributed by atoms with Gasteiger partial charge in [-0.2, -0.15) is 9.57 Å². The van der Waals surface area contributed by atoms with Crippen molar-refractivity contribution in [3.8, 4) is 6.07 Å². The quantitative estimate of drug-likeness (QED) is 0.743. The van der Waals surface area contributed by atoms with Crippen LogP contribution < -0.4 is 5.32 Å². The number of carbonyl (C=O) groups is 1. The lowest BCUT2D eigenvalue weighted by Crippen LogP contribution is -2.51. The Morgan fingerprint density at radius 1 is 1.06 bits per heavy atom. The molecule has 0 saturated carbocycles. The molecule has 9 heteroatoms. The van der Waals surface area contributed by atoms with E-state index in [1.165, 1.54) is 9.87 Å². The number of sulfonamides is 1. The zero-order valence-electron chi connectivity index (χ0n) is 17.0. The predicted molar refractivity (Wildman–Crippen MR) is 118 cm³/mol. The second-order valence-electron chi connectivity index (χ2n) is 7.73. The number of aryl methyl sites for hydroxylation is 2. The molecule has 0 unspecified atom stereocenters. The number of fused-ring (bicyclic) bond motifs is 1. The van der Waals surface area contributed by atoms with E-state index in [9.17, 15) is 13.2 Å². The Hall–Kier alpha value is -2.60. The SMILES string of the molecule is N#Cc1cc(NCC(=O)N2CCN(S(=O)(=O)c3ccc4c(c3)CCC4)CC2)ccc1Cl. The number of hydrogen-bond acceptors (Lipinski definition) is 5. The normalized spacial score (nSPS) is 16.6. The average molecular weight is 459 g/mol. The van der Waals surface area contributed by atoms with Crippen molar-refractivity contribution in [2.75, 3.05) is 38.0 Å². The number of hydrogen-bond donors (Lipinski definition) is 1. The minimum atomic E-state index is -3.56. The van der Waals surface area contributed by atoms with E-state index in [0.717, 1.165) is 24.8 Å². The Bertz CT molecular complexity index is 1150. The lowest BCUT2D eigenvalue weighted by atomic mass is 10.1. The molecule has 1 aliphatic heterocycles. The summed E-state index contributed by atoms with van der Waals surface area (Å²) >= 11 is 5.92. The lowest BCUT2D eigenvalue weighted by molar-refractivity contribution is -0.130. The molecule has 0 bridgehead atoms. The number of piperazine rings is 1. The maximum atomic E-state index is 13.0. The third-order valence-electron chi connectivity index (χ3n) is 5.83. The van der Waals surface area contributed by atoms with Crippen LogP contribution in [0.25, 0.3) is 0 Å². The predicted octanol–water partition coefficient (Wildman–Crippen LogP) is 2.65. The van der Waals surface area contributed by atoms with Crippen LogP contribution in [0, 0.1) is 11.3 Å². The summed E-state index contributed by atoms with van der Waals surface area (Å²) in [7, 11) is -3.56.